The highest BCUT2D eigenvalue weighted by Gasteiger charge is 2.02. The Kier molecular flexibility index (Phi) is 4.72. The predicted octanol–water partition coefficient (Wildman–Crippen LogP) is 1.53. The second-order valence-corrected chi connectivity index (χ2v) is 4.06. The summed E-state index contributed by atoms with van der Waals surface area (Å²) < 4.78 is 0. The molecule has 6 heteroatoms. The second-order valence-electron chi connectivity index (χ2n) is 4.06. The van der Waals surface area contributed by atoms with Crippen LogP contribution < -0.4 is 16.0 Å². The minimum Gasteiger partial charge on any atom is -0.373 e. The number of carbonyl (C=O) groups excluding carboxylic acids is 1. The van der Waals surface area contributed by atoms with Crippen LogP contribution in [0.15, 0.2) is 30.6 Å². The SMILES string of the molecule is CNc1cc(C#Cc2cnc(NC)c(NC=O)c2)ccn1. The molecular formula is C15H15N5O. The fourth-order valence-electron chi connectivity index (χ4n) is 1.70. The van der Waals surface area contributed by atoms with E-state index in [1.807, 2.05) is 12.1 Å². The number of nitrogens with zero attached hydrogens (tertiary/aromatic N) is 2. The van der Waals surface area contributed by atoms with Crippen LogP contribution >= 0.6 is 0 Å². The summed E-state index contributed by atoms with van der Waals surface area (Å²) in [7, 11) is 3.54. The van der Waals surface area contributed by atoms with Crippen LogP contribution in [-0.4, -0.2) is 30.5 Å². The molecule has 0 saturated heterocycles. The van der Waals surface area contributed by atoms with Gasteiger partial charge in [-0.1, -0.05) is 11.8 Å². The van der Waals surface area contributed by atoms with Gasteiger partial charge in [0.2, 0.25) is 6.41 Å². The second kappa shape index (κ2) is 6.91. The highest BCUT2D eigenvalue weighted by atomic mass is 16.1. The molecule has 0 aliphatic carbocycles. The summed E-state index contributed by atoms with van der Waals surface area (Å²) in [5.74, 6) is 7.40. The molecule has 106 valence electrons. The van der Waals surface area contributed by atoms with E-state index in [0.29, 0.717) is 23.5 Å². The van der Waals surface area contributed by atoms with Crippen molar-refractivity contribution in [2.75, 3.05) is 30.0 Å². The van der Waals surface area contributed by atoms with Crippen LogP contribution in [-0.2, 0) is 4.79 Å². The average Bonchev–Trinajstić information content (AvgIpc) is 2.53. The largest absolute Gasteiger partial charge is 0.373 e. The third kappa shape index (κ3) is 3.70. The fraction of sp³-hybridized carbons (Fsp3) is 0.133. The first-order chi connectivity index (χ1) is 10.3. The highest BCUT2D eigenvalue weighted by Crippen LogP contribution is 2.18. The molecule has 0 spiro atoms. The summed E-state index contributed by atoms with van der Waals surface area (Å²) in [6.45, 7) is 0. The highest BCUT2D eigenvalue weighted by molar-refractivity contribution is 5.79. The average molecular weight is 281 g/mol. The van der Waals surface area contributed by atoms with E-state index >= 15 is 0 Å². The van der Waals surface area contributed by atoms with Gasteiger partial charge in [-0.05, 0) is 18.2 Å². The molecule has 2 heterocycles. The van der Waals surface area contributed by atoms with Gasteiger partial charge in [-0.15, -0.1) is 0 Å². The van der Waals surface area contributed by atoms with Crippen LogP contribution in [0.25, 0.3) is 0 Å². The van der Waals surface area contributed by atoms with Gasteiger partial charge in [0.25, 0.3) is 0 Å². The Morgan fingerprint density at radius 1 is 1.10 bits per heavy atom. The molecule has 0 bridgehead atoms. The van der Waals surface area contributed by atoms with Crippen molar-refractivity contribution in [3.05, 3.63) is 41.7 Å². The Labute approximate surface area is 123 Å². The smallest absolute Gasteiger partial charge is 0.211 e. The van der Waals surface area contributed by atoms with Crippen molar-refractivity contribution in [3.63, 3.8) is 0 Å². The van der Waals surface area contributed by atoms with Gasteiger partial charge >= 0.3 is 0 Å². The monoisotopic (exact) mass is 281 g/mol. The van der Waals surface area contributed by atoms with E-state index in [1.165, 1.54) is 0 Å². The topological polar surface area (TPSA) is 78.9 Å². The summed E-state index contributed by atoms with van der Waals surface area (Å²) in [4.78, 5) is 18.9. The molecule has 0 saturated carbocycles. The van der Waals surface area contributed by atoms with Gasteiger partial charge in [-0.2, -0.15) is 0 Å². The van der Waals surface area contributed by atoms with Crippen LogP contribution in [0.2, 0.25) is 0 Å². The van der Waals surface area contributed by atoms with E-state index in [9.17, 15) is 4.79 Å². The number of aromatic nitrogens is 2. The van der Waals surface area contributed by atoms with E-state index in [2.05, 4.69) is 37.8 Å². The minimum atomic E-state index is 0.588. The minimum absolute atomic E-state index is 0.588. The molecule has 0 fully saturated rings. The van der Waals surface area contributed by atoms with E-state index in [0.717, 1.165) is 11.4 Å². The number of nitrogens with one attached hydrogen (secondary N) is 3. The summed E-state index contributed by atoms with van der Waals surface area (Å²) in [6, 6.07) is 5.45. The summed E-state index contributed by atoms with van der Waals surface area (Å²) in [5.41, 5.74) is 2.14. The molecular weight excluding hydrogens is 266 g/mol. The third-order valence-electron chi connectivity index (χ3n) is 2.71. The molecule has 2 aromatic heterocycles. The molecule has 2 aromatic rings. The van der Waals surface area contributed by atoms with Gasteiger partial charge in [0.15, 0.2) is 0 Å². The maximum atomic E-state index is 10.6. The number of anilines is 3. The molecule has 6 nitrogen and oxygen atoms in total. The Balaban J connectivity index is 2.29. The number of amides is 1. The van der Waals surface area contributed by atoms with Gasteiger partial charge < -0.3 is 16.0 Å². The quantitative estimate of drug-likeness (QED) is 0.585. The van der Waals surface area contributed by atoms with Crippen molar-refractivity contribution < 1.29 is 4.79 Å². The Bertz CT molecular complexity index is 703. The van der Waals surface area contributed by atoms with Gasteiger partial charge in [-0.25, -0.2) is 9.97 Å². The predicted molar refractivity (Wildman–Crippen MR) is 83.2 cm³/mol. The number of hydrogen-bond acceptors (Lipinski definition) is 5. The van der Waals surface area contributed by atoms with Crippen molar-refractivity contribution >= 4 is 23.7 Å². The summed E-state index contributed by atoms with van der Waals surface area (Å²) >= 11 is 0. The summed E-state index contributed by atoms with van der Waals surface area (Å²) in [6.07, 6.45) is 3.95. The van der Waals surface area contributed by atoms with Crippen molar-refractivity contribution in [1.82, 2.24) is 9.97 Å². The van der Waals surface area contributed by atoms with Gasteiger partial charge in [0.1, 0.15) is 11.6 Å². The van der Waals surface area contributed by atoms with Crippen LogP contribution in [0.3, 0.4) is 0 Å². The standard InChI is InChI=1S/C15H15N5O/c1-16-14-8-11(5-6-18-14)3-4-12-7-13(20-10-21)15(17-2)19-9-12/h5-10H,1-2H3,(H,16,18)(H,17,19)(H,20,21). The number of pyridine rings is 2. The lowest BCUT2D eigenvalue weighted by molar-refractivity contribution is -0.105. The van der Waals surface area contributed by atoms with Gasteiger partial charge in [0.05, 0.1) is 5.69 Å². The van der Waals surface area contributed by atoms with Crippen LogP contribution in [0, 0.1) is 11.8 Å². The molecule has 0 radical (unpaired) electrons. The van der Waals surface area contributed by atoms with Crippen molar-refractivity contribution in [2.45, 2.75) is 0 Å². The molecule has 0 aliphatic heterocycles. The van der Waals surface area contributed by atoms with E-state index in [1.54, 1.807) is 32.6 Å². The molecule has 1 amide bonds. The fourth-order valence-corrected chi connectivity index (χ4v) is 1.70. The maximum absolute atomic E-state index is 10.6. The van der Waals surface area contributed by atoms with Crippen molar-refractivity contribution in [1.29, 1.82) is 0 Å². The summed E-state index contributed by atoms with van der Waals surface area (Å²) in [5, 5.41) is 8.45. The molecule has 21 heavy (non-hydrogen) atoms. The Morgan fingerprint density at radius 3 is 2.62 bits per heavy atom. The zero-order valence-electron chi connectivity index (χ0n) is 11.8. The molecule has 0 unspecified atom stereocenters. The van der Waals surface area contributed by atoms with Gasteiger partial charge in [-0.3, -0.25) is 4.79 Å². The maximum Gasteiger partial charge on any atom is 0.211 e. The molecule has 0 atom stereocenters. The van der Waals surface area contributed by atoms with Crippen molar-refractivity contribution in [2.24, 2.45) is 0 Å². The first-order valence-corrected chi connectivity index (χ1v) is 6.30. The lowest BCUT2D eigenvalue weighted by Crippen LogP contribution is -2.02. The normalized spacial score (nSPS) is 9.24. The van der Waals surface area contributed by atoms with E-state index in [-0.39, 0.29) is 0 Å². The number of hydrogen-bond donors (Lipinski definition) is 3. The molecule has 0 aromatic carbocycles. The van der Waals surface area contributed by atoms with Crippen LogP contribution in [0.1, 0.15) is 11.1 Å². The van der Waals surface area contributed by atoms with Crippen molar-refractivity contribution in [3.8, 4) is 11.8 Å². The first-order valence-electron chi connectivity index (χ1n) is 6.30. The Morgan fingerprint density at radius 2 is 1.90 bits per heavy atom. The third-order valence-corrected chi connectivity index (χ3v) is 2.71. The van der Waals surface area contributed by atoms with E-state index in [4.69, 9.17) is 0 Å². The van der Waals surface area contributed by atoms with Gasteiger partial charge in [0, 0.05) is 37.6 Å². The zero-order chi connectivity index (χ0) is 15.1. The lowest BCUT2D eigenvalue weighted by Gasteiger charge is -2.06. The zero-order valence-corrected chi connectivity index (χ0v) is 11.8. The number of rotatable bonds is 4. The first kappa shape index (κ1) is 14.3. The Hall–Kier alpha value is -3.07. The molecule has 2 rings (SSSR count). The van der Waals surface area contributed by atoms with Crippen LogP contribution in [0.5, 0.6) is 0 Å². The van der Waals surface area contributed by atoms with E-state index < -0.39 is 0 Å². The number of carbonyl (C=O) groups is 1. The molecule has 0 aliphatic rings. The van der Waals surface area contributed by atoms with Crippen LogP contribution in [0.4, 0.5) is 17.3 Å². The molecule has 3 N–H and O–H groups in total. The lowest BCUT2D eigenvalue weighted by atomic mass is 10.2.